The zero-order valence-electron chi connectivity index (χ0n) is 14.9. The average Bonchev–Trinajstić information content (AvgIpc) is 3.48. The number of sulfonamides is 1. The van der Waals surface area contributed by atoms with E-state index < -0.39 is 10.0 Å². The van der Waals surface area contributed by atoms with E-state index in [-0.39, 0.29) is 24.1 Å². The summed E-state index contributed by atoms with van der Waals surface area (Å²) in [5, 5.41) is 2.91. The van der Waals surface area contributed by atoms with Gasteiger partial charge in [-0.15, -0.1) is 0 Å². The molecule has 1 N–H and O–H groups in total. The van der Waals surface area contributed by atoms with Gasteiger partial charge in [0, 0.05) is 30.3 Å². The summed E-state index contributed by atoms with van der Waals surface area (Å²) in [7, 11) is -3.48. The SMILES string of the molecule is O=C(Nc1ccc2c(c1)CN(S(=O)(=O)Cc1ccccc1)CCO2)C1CC1. The second-order valence-corrected chi connectivity index (χ2v) is 8.98. The van der Waals surface area contributed by atoms with Crippen molar-refractivity contribution in [1.29, 1.82) is 0 Å². The molecule has 2 aromatic carbocycles. The fourth-order valence-electron chi connectivity index (χ4n) is 3.15. The molecule has 0 atom stereocenters. The van der Waals surface area contributed by atoms with Gasteiger partial charge in [0.1, 0.15) is 12.4 Å². The summed E-state index contributed by atoms with van der Waals surface area (Å²) in [5.41, 5.74) is 2.20. The van der Waals surface area contributed by atoms with Crippen molar-refractivity contribution in [2.45, 2.75) is 25.1 Å². The largest absolute Gasteiger partial charge is 0.492 e. The number of rotatable bonds is 5. The number of carbonyl (C=O) groups is 1. The Morgan fingerprint density at radius 3 is 2.67 bits per heavy atom. The van der Waals surface area contributed by atoms with Crippen LogP contribution in [0, 0.1) is 5.92 Å². The number of nitrogens with one attached hydrogen (secondary N) is 1. The first-order chi connectivity index (χ1) is 13.0. The molecule has 142 valence electrons. The molecule has 7 heteroatoms. The predicted octanol–water partition coefficient (Wildman–Crippen LogP) is 2.76. The number of fused-ring (bicyclic) bond motifs is 1. The second-order valence-electron chi connectivity index (χ2n) is 7.01. The van der Waals surface area contributed by atoms with Gasteiger partial charge in [-0.05, 0) is 36.6 Å². The standard InChI is InChI=1S/C20H22N2O4S/c23-20(16-6-7-16)21-18-8-9-19-17(12-18)13-22(10-11-26-19)27(24,25)14-15-4-2-1-3-5-15/h1-5,8-9,12,16H,6-7,10-11,13-14H2,(H,21,23). The summed E-state index contributed by atoms with van der Waals surface area (Å²) in [5.74, 6) is 0.763. The first-order valence-corrected chi connectivity index (χ1v) is 10.7. The van der Waals surface area contributed by atoms with Crippen LogP contribution in [0.3, 0.4) is 0 Å². The van der Waals surface area contributed by atoms with E-state index in [1.54, 1.807) is 12.1 Å². The molecule has 0 unspecified atom stereocenters. The molecule has 2 aliphatic rings. The van der Waals surface area contributed by atoms with Gasteiger partial charge in [0.15, 0.2) is 0 Å². The number of hydrogen-bond acceptors (Lipinski definition) is 4. The van der Waals surface area contributed by atoms with E-state index in [0.717, 1.165) is 24.0 Å². The zero-order valence-corrected chi connectivity index (χ0v) is 15.7. The number of anilines is 1. The van der Waals surface area contributed by atoms with E-state index in [1.807, 2.05) is 36.4 Å². The van der Waals surface area contributed by atoms with Gasteiger partial charge in [0.05, 0.1) is 5.75 Å². The lowest BCUT2D eigenvalue weighted by atomic mass is 10.1. The van der Waals surface area contributed by atoms with Crippen LogP contribution in [0.25, 0.3) is 0 Å². The Morgan fingerprint density at radius 1 is 1.15 bits per heavy atom. The Bertz CT molecular complexity index is 940. The maximum Gasteiger partial charge on any atom is 0.227 e. The van der Waals surface area contributed by atoms with Crippen molar-refractivity contribution in [2.24, 2.45) is 5.92 Å². The first-order valence-electron chi connectivity index (χ1n) is 9.09. The Balaban J connectivity index is 1.53. The van der Waals surface area contributed by atoms with Crippen LogP contribution in [-0.4, -0.2) is 31.8 Å². The summed E-state index contributed by atoms with van der Waals surface area (Å²) in [6.07, 6.45) is 1.87. The number of ether oxygens (including phenoxy) is 1. The number of benzene rings is 2. The third-order valence-electron chi connectivity index (χ3n) is 4.81. The molecule has 6 nitrogen and oxygen atoms in total. The number of amides is 1. The van der Waals surface area contributed by atoms with Gasteiger partial charge < -0.3 is 10.1 Å². The smallest absolute Gasteiger partial charge is 0.227 e. The minimum absolute atomic E-state index is 0.0260. The molecule has 1 heterocycles. The van der Waals surface area contributed by atoms with Crippen LogP contribution in [0.2, 0.25) is 0 Å². The van der Waals surface area contributed by atoms with Gasteiger partial charge in [-0.2, -0.15) is 4.31 Å². The maximum atomic E-state index is 12.9. The highest BCUT2D eigenvalue weighted by Gasteiger charge is 2.30. The summed E-state index contributed by atoms with van der Waals surface area (Å²) in [4.78, 5) is 12.0. The lowest BCUT2D eigenvalue weighted by Crippen LogP contribution is -2.33. The van der Waals surface area contributed by atoms with E-state index in [0.29, 0.717) is 24.6 Å². The summed E-state index contributed by atoms with van der Waals surface area (Å²) >= 11 is 0. The quantitative estimate of drug-likeness (QED) is 0.857. The Morgan fingerprint density at radius 2 is 1.93 bits per heavy atom. The molecular formula is C20H22N2O4S. The number of hydrogen-bond donors (Lipinski definition) is 1. The van der Waals surface area contributed by atoms with Crippen LogP contribution in [-0.2, 0) is 27.1 Å². The molecular weight excluding hydrogens is 364 g/mol. The fourth-order valence-corrected chi connectivity index (χ4v) is 4.64. The minimum Gasteiger partial charge on any atom is -0.492 e. The predicted molar refractivity (Wildman–Crippen MR) is 103 cm³/mol. The summed E-state index contributed by atoms with van der Waals surface area (Å²) < 4.78 is 32.9. The summed E-state index contributed by atoms with van der Waals surface area (Å²) in [6.45, 7) is 0.833. The molecule has 0 aromatic heterocycles. The third kappa shape index (κ3) is 4.31. The molecule has 4 rings (SSSR count). The Kier molecular flexibility index (Phi) is 4.88. The zero-order chi connectivity index (χ0) is 18.9. The minimum atomic E-state index is -3.48. The molecule has 1 aliphatic carbocycles. The van der Waals surface area contributed by atoms with Gasteiger partial charge in [0.2, 0.25) is 15.9 Å². The summed E-state index contributed by atoms with van der Waals surface area (Å²) in [6, 6.07) is 14.6. The van der Waals surface area contributed by atoms with E-state index >= 15 is 0 Å². The Hall–Kier alpha value is -2.38. The molecule has 0 saturated heterocycles. The molecule has 27 heavy (non-hydrogen) atoms. The van der Waals surface area contributed by atoms with Crippen molar-refractivity contribution in [3.8, 4) is 5.75 Å². The van der Waals surface area contributed by atoms with Crippen molar-refractivity contribution in [3.05, 3.63) is 59.7 Å². The molecule has 1 fully saturated rings. The van der Waals surface area contributed by atoms with Gasteiger partial charge >= 0.3 is 0 Å². The van der Waals surface area contributed by atoms with Gasteiger partial charge in [-0.1, -0.05) is 30.3 Å². The first kappa shape index (κ1) is 18.0. The highest BCUT2D eigenvalue weighted by Crippen LogP contribution is 2.32. The maximum absolute atomic E-state index is 12.9. The van der Waals surface area contributed by atoms with Gasteiger partial charge in [-0.3, -0.25) is 4.79 Å². The number of nitrogens with zero attached hydrogens (tertiary/aromatic N) is 1. The van der Waals surface area contributed by atoms with Gasteiger partial charge in [-0.25, -0.2) is 8.42 Å². The second kappa shape index (κ2) is 7.32. The molecule has 0 spiro atoms. The van der Waals surface area contributed by atoms with Crippen molar-refractivity contribution >= 4 is 21.6 Å². The van der Waals surface area contributed by atoms with Crippen molar-refractivity contribution in [1.82, 2.24) is 4.31 Å². The topological polar surface area (TPSA) is 75.7 Å². The van der Waals surface area contributed by atoms with E-state index in [4.69, 9.17) is 4.74 Å². The van der Waals surface area contributed by atoms with Crippen LogP contribution < -0.4 is 10.1 Å². The fraction of sp³-hybridized carbons (Fsp3) is 0.350. The number of carbonyl (C=O) groups excluding carboxylic acids is 1. The van der Waals surface area contributed by atoms with Crippen molar-refractivity contribution in [2.75, 3.05) is 18.5 Å². The van der Waals surface area contributed by atoms with E-state index in [2.05, 4.69) is 5.32 Å². The van der Waals surface area contributed by atoms with Crippen molar-refractivity contribution in [3.63, 3.8) is 0 Å². The monoisotopic (exact) mass is 386 g/mol. The van der Waals surface area contributed by atoms with Gasteiger partial charge in [0.25, 0.3) is 0 Å². The third-order valence-corrected chi connectivity index (χ3v) is 6.60. The molecule has 2 aromatic rings. The van der Waals surface area contributed by atoms with Crippen LogP contribution in [0.1, 0.15) is 24.0 Å². The van der Waals surface area contributed by atoms with Crippen LogP contribution >= 0.6 is 0 Å². The average molecular weight is 386 g/mol. The van der Waals surface area contributed by atoms with Crippen molar-refractivity contribution < 1.29 is 17.9 Å². The normalized spacial score (nSPS) is 17.5. The Labute approximate surface area is 159 Å². The highest BCUT2D eigenvalue weighted by atomic mass is 32.2. The van der Waals surface area contributed by atoms with Crippen LogP contribution in [0.15, 0.2) is 48.5 Å². The molecule has 1 aliphatic heterocycles. The molecule has 0 bridgehead atoms. The van der Waals surface area contributed by atoms with Crippen LogP contribution in [0.4, 0.5) is 5.69 Å². The molecule has 1 amide bonds. The molecule has 1 saturated carbocycles. The van der Waals surface area contributed by atoms with E-state index in [9.17, 15) is 13.2 Å². The lowest BCUT2D eigenvalue weighted by molar-refractivity contribution is -0.117. The molecule has 0 radical (unpaired) electrons. The highest BCUT2D eigenvalue weighted by molar-refractivity contribution is 7.88. The van der Waals surface area contributed by atoms with E-state index in [1.165, 1.54) is 4.31 Å². The lowest BCUT2D eigenvalue weighted by Gasteiger charge is -2.19. The van der Waals surface area contributed by atoms with Crippen LogP contribution in [0.5, 0.6) is 5.75 Å².